The van der Waals surface area contributed by atoms with Gasteiger partial charge < -0.3 is 10.1 Å². The smallest absolute Gasteiger partial charge is 0.321 e. The molecule has 0 saturated heterocycles. The molecule has 0 spiro atoms. The quantitative estimate of drug-likeness (QED) is 0.703. The number of nitrogens with one attached hydrogen (secondary N) is 2. The maximum absolute atomic E-state index is 12.2. The Labute approximate surface area is 155 Å². The van der Waals surface area contributed by atoms with Crippen molar-refractivity contribution < 1.29 is 9.53 Å². The number of thiazole rings is 1. The van der Waals surface area contributed by atoms with Gasteiger partial charge in [-0.2, -0.15) is 0 Å². The van der Waals surface area contributed by atoms with Crippen molar-refractivity contribution in [1.82, 2.24) is 15.3 Å². The molecule has 6 nitrogen and oxygen atoms in total. The normalized spacial score (nSPS) is 14.5. The average molecular weight is 368 g/mol. The molecule has 0 unspecified atom stereocenters. The van der Waals surface area contributed by atoms with Gasteiger partial charge in [0, 0.05) is 18.3 Å². The van der Waals surface area contributed by atoms with Crippen molar-refractivity contribution in [1.29, 1.82) is 0 Å². The number of anilines is 1. The monoisotopic (exact) mass is 368 g/mol. The highest BCUT2D eigenvalue weighted by Gasteiger charge is 2.18. The number of hydrogen-bond acceptors (Lipinski definition) is 5. The lowest BCUT2D eigenvalue weighted by molar-refractivity contribution is 0.199. The summed E-state index contributed by atoms with van der Waals surface area (Å²) in [5.41, 5.74) is 1.76. The van der Waals surface area contributed by atoms with Gasteiger partial charge in [0.15, 0.2) is 5.13 Å². The highest BCUT2D eigenvalue weighted by atomic mass is 32.1. The Bertz CT molecular complexity index is 872. The molecular weight excluding hydrogens is 348 g/mol. The van der Waals surface area contributed by atoms with Crippen LogP contribution >= 0.6 is 11.3 Å². The number of ether oxygens (including phenoxy) is 1. The molecule has 0 atom stereocenters. The lowest BCUT2D eigenvalue weighted by atomic mass is 10.2. The number of aromatic nitrogens is 2. The van der Waals surface area contributed by atoms with Crippen LogP contribution in [0.4, 0.5) is 9.93 Å². The van der Waals surface area contributed by atoms with E-state index >= 15 is 0 Å². The lowest BCUT2D eigenvalue weighted by Crippen LogP contribution is -2.28. The number of urea groups is 1. The van der Waals surface area contributed by atoms with Crippen LogP contribution in [0.5, 0.6) is 5.88 Å². The third kappa shape index (κ3) is 3.94. The molecule has 2 aromatic heterocycles. The molecule has 134 valence electrons. The van der Waals surface area contributed by atoms with Crippen LogP contribution in [0.3, 0.4) is 0 Å². The van der Waals surface area contributed by atoms with Gasteiger partial charge in [-0.3, -0.25) is 5.32 Å². The Morgan fingerprint density at radius 3 is 2.88 bits per heavy atom. The van der Waals surface area contributed by atoms with Gasteiger partial charge in [0.05, 0.1) is 10.2 Å². The predicted molar refractivity (Wildman–Crippen MR) is 103 cm³/mol. The summed E-state index contributed by atoms with van der Waals surface area (Å²) in [6, 6.07) is 11.3. The molecule has 1 fully saturated rings. The van der Waals surface area contributed by atoms with E-state index in [1.165, 1.54) is 24.2 Å². The molecule has 2 amide bonds. The fourth-order valence-corrected chi connectivity index (χ4v) is 3.93. The summed E-state index contributed by atoms with van der Waals surface area (Å²) < 4.78 is 7.05. The number of rotatable bonds is 5. The van der Waals surface area contributed by atoms with E-state index in [0.29, 0.717) is 17.6 Å². The molecule has 26 heavy (non-hydrogen) atoms. The molecular formula is C19H20N4O2S. The molecule has 1 aromatic carbocycles. The number of hydrogen-bond donors (Lipinski definition) is 2. The van der Waals surface area contributed by atoms with E-state index < -0.39 is 0 Å². The number of carbonyl (C=O) groups excluding carboxylic acids is 1. The van der Waals surface area contributed by atoms with Gasteiger partial charge >= 0.3 is 6.03 Å². The number of carbonyl (C=O) groups is 1. The van der Waals surface area contributed by atoms with Gasteiger partial charge in [-0.05, 0) is 43.9 Å². The molecule has 1 aliphatic carbocycles. The fraction of sp³-hybridized carbons (Fsp3) is 0.316. The first kappa shape index (κ1) is 16.8. The third-order valence-corrected chi connectivity index (χ3v) is 5.34. The Morgan fingerprint density at radius 2 is 2.04 bits per heavy atom. The molecule has 2 heterocycles. The summed E-state index contributed by atoms with van der Waals surface area (Å²) in [4.78, 5) is 20.9. The maximum Gasteiger partial charge on any atom is 0.321 e. The zero-order valence-electron chi connectivity index (χ0n) is 14.3. The van der Waals surface area contributed by atoms with Gasteiger partial charge in [0.25, 0.3) is 0 Å². The minimum Gasteiger partial charge on any atom is -0.474 e. The Hall–Kier alpha value is -2.67. The van der Waals surface area contributed by atoms with Crippen molar-refractivity contribution in [2.75, 3.05) is 5.32 Å². The first-order valence-electron chi connectivity index (χ1n) is 8.79. The standard InChI is InChI=1S/C19H20N4O2S/c24-18(23-19-22-15-9-3-4-10-16(15)26-19)21-12-13-6-5-11-20-17(13)25-14-7-1-2-8-14/h3-6,9-11,14H,1-2,7-8,12H2,(H2,21,22,23,24). The van der Waals surface area contributed by atoms with Crippen molar-refractivity contribution in [3.05, 3.63) is 48.2 Å². The topological polar surface area (TPSA) is 76.1 Å². The second kappa shape index (κ2) is 7.70. The summed E-state index contributed by atoms with van der Waals surface area (Å²) >= 11 is 1.45. The molecule has 0 aliphatic heterocycles. The number of amides is 2. The van der Waals surface area contributed by atoms with Crippen LogP contribution < -0.4 is 15.4 Å². The van der Waals surface area contributed by atoms with E-state index in [1.807, 2.05) is 36.4 Å². The molecule has 0 bridgehead atoms. The molecule has 0 radical (unpaired) electrons. The van der Waals surface area contributed by atoms with Gasteiger partial charge in [-0.1, -0.05) is 29.5 Å². The number of benzene rings is 1. The van der Waals surface area contributed by atoms with Gasteiger partial charge in [-0.15, -0.1) is 0 Å². The zero-order chi connectivity index (χ0) is 17.8. The number of fused-ring (bicyclic) bond motifs is 1. The number of para-hydroxylation sites is 1. The van der Waals surface area contributed by atoms with E-state index in [1.54, 1.807) is 6.20 Å². The molecule has 1 saturated carbocycles. The van der Waals surface area contributed by atoms with Crippen LogP contribution in [-0.2, 0) is 6.54 Å². The number of nitrogens with zero attached hydrogens (tertiary/aromatic N) is 2. The summed E-state index contributed by atoms with van der Waals surface area (Å²) in [6.45, 7) is 0.354. The van der Waals surface area contributed by atoms with Crippen molar-refractivity contribution in [3.63, 3.8) is 0 Å². The van der Waals surface area contributed by atoms with Gasteiger partial charge in [-0.25, -0.2) is 14.8 Å². The number of pyridine rings is 1. The van der Waals surface area contributed by atoms with Crippen LogP contribution in [0.25, 0.3) is 10.2 Å². The second-order valence-electron chi connectivity index (χ2n) is 6.29. The van der Waals surface area contributed by atoms with Crippen LogP contribution in [0.15, 0.2) is 42.6 Å². The van der Waals surface area contributed by atoms with Gasteiger partial charge in [0.2, 0.25) is 5.88 Å². The minimum absolute atomic E-state index is 0.236. The first-order valence-corrected chi connectivity index (χ1v) is 9.60. The van der Waals surface area contributed by atoms with E-state index in [9.17, 15) is 4.79 Å². The van der Waals surface area contributed by atoms with Crippen LogP contribution in [0.2, 0.25) is 0 Å². The molecule has 4 rings (SSSR count). The summed E-state index contributed by atoms with van der Waals surface area (Å²) in [6.07, 6.45) is 6.50. The highest BCUT2D eigenvalue weighted by Crippen LogP contribution is 2.26. The van der Waals surface area contributed by atoms with Crippen molar-refractivity contribution in [2.45, 2.75) is 38.3 Å². The lowest BCUT2D eigenvalue weighted by Gasteiger charge is -2.15. The van der Waals surface area contributed by atoms with Crippen molar-refractivity contribution in [2.24, 2.45) is 0 Å². The van der Waals surface area contributed by atoms with E-state index in [4.69, 9.17) is 4.74 Å². The second-order valence-corrected chi connectivity index (χ2v) is 7.32. The maximum atomic E-state index is 12.2. The summed E-state index contributed by atoms with van der Waals surface area (Å²) in [5, 5.41) is 6.22. The Morgan fingerprint density at radius 1 is 1.19 bits per heavy atom. The highest BCUT2D eigenvalue weighted by molar-refractivity contribution is 7.22. The largest absolute Gasteiger partial charge is 0.474 e. The van der Waals surface area contributed by atoms with Crippen LogP contribution in [0.1, 0.15) is 31.2 Å². The molecule has 2 N–H and O–H groups in total. The summed E-state index contributed by atoms with van der Waals surface area (Å²) in [5.74, 6) is 0.611. The third-order valence-electron chi connectivity index (χ3n) is 4.38. The van der Waals surface area contributed by atoms with E-state index in [0.717, 1.165) is 28.6 Å². The minimum atomic E-state index is -0.292. The Kier molecular flexibility index (Phi) is 4.97. The fourth-order valence-electron chi connectivity index (χ4n) is 3.07. The average Bonchev–Trinajstić information content (AvgIpc) is 3.30. The first-order chi connectivity index (χ1) is 12.8. The Balaban J connectivity index is 1.36. The zero-order valence-corrected chi connectivity index (χ0v) is 15.1. The summed E-state index contributed by atoms with van der Waals surface area (Å²) in [7, 11) is 0. The van der Waals surface area contributed by atoms with Crippen LogP contribution in [0, 0.1) is 0 Å². The van der Waals surface area contributed by atoms with E-state index in [2.05, 4.69) is 20.6 Å². The van der Waals surface area contributed by atoms with Crippen LogP contribution in [-0.4, -0.2) is 22.1 Å². The van der Waals surface area contributed by atoms with Crippen molar-refractivity contribution >= 4 is 32.7 Å². The molecule has 7 heteroatoms. The SMILES string of the molecule is O=C(NCc1cccnc1OC1CCCC1)Nc1nc2ccccc2s1. The molecule has 1 aliphatic rings. The predicted octanol–water partition coefficient (Wildman–Crippen LogP) is 4.33. The van der Waals surface area contributed by atoms with E-state index in [-0.39, 0.29) is 12.1 Å². The van der Waals surface area contributed by atoms with Crippen molar-refractivity contribution in [3.8, 4) is 5.88 Å². The van der Waals surface area contributed by atoms with Gasteiger partial charge in [0.1, 0.15) is 6.10 Å². The molecule has 3 aromatic rings.